The van der Waals surface area contributed by atoms with Gasteiger partial charge in [-0.25, -0.2) is 4.79 Å². The first-order chi connectivity index (χ1) is 17.2. The first-order valence-electron chi connectivity index (χ1n) is 13.0. The van der Waals surface area contributed by atoms with E-state index in [4.69, 9.17) is 9.47 Å². The summed E-state index contributed by atoms with van der Waals surface area (Å²) in [5.74, 6) is -1.47. The summed E-state index contributed by atoms with van der Waals surface area (Å²) in [4.78, 5) is 53.7. The van der Waals surface area contributed by atoms with Crippen molar-refractivity contribution in [2.75, 3.05) is 13.2 Å². The number of benzene rings is 1. The van der Waals surface area contributed by atoms with Gasteiger partial charge in [-0.2, -0.15) is 0 Å². The molecule has 3 amide bonds. The third-order valence-corrected chi connectivity index (χ3v) is 5.87. The third kappa shape index (κ3) is 10.1. The van der Waals surface area contributed by atoms with Gasteiger partial charge >= 0.3 is 12.1 Å². The summed E-state index contributed by atoms with van der Waals surface area (Å²) in [5, 5.41) is 5.53. The number of hydrogen-bond donors (Lipinski definition) is 2. The Bertz CT molecular complexity index is 925. The third-order valence-electron chi connectivity index (χ3n) is 5.87. The van der Waals surface area contributed by atoms with Crippen molar-refractivity contribution in [2.24, 2.45) is 5.92 Å². The van der Waals surface area contributed by atoms with Gasteiger partial charge in [0.25, 0.3) is 0 Å². The van der Waals surface area contributed by atoms with Gasteiger partial charge in [0.1, 0.15) is 17.7 Å². The first-order valence-corrected chi connectivity index (χ1v) is 13.0. The highest BCUT2D eigenvalue weighted by molar-refractivity contribution is 5.92. The number of carbonyl (C=O) groups is 4. The lowest BCUT2D eigenvalue weighted by Crippen LogP contribution is -2.57. The van der Waals surface area contributed by atoms with Gasteiger partial charge in [0.2, 0.25) is 11.8 Å². The number of nitrogens with zero attached hydrogens (tertiary/aromatic N) is 1. The monoisotopic (exact) mass is 519 g/mol. The van der Waals surface area contributed by atoms with Crippen molar-refractivity contribution in [3.8, 4) is 0 Å². The standard InChI is InChI=1S/C28H45N3O6/c1-10-20(6)31(26(34)23(18(3)4)30-27(35)37-28(7,8)9)24(21-15-13-12-14-19(21)5)25(33)29-17-16-22(32)36-11-2/h12-15,18,20,23-24H,10-11,16-17H2,1-9H3,(H,29,33)(H,30,35). The maximum atomic E-state index is 14.1. The van der Waals surface area contributed by atoms with Gasteiger partial charge in [-0.15, -0.1) is 0 Å². The van der Waals surface area contributed by atoms with E-state index < -0.39 is 35.7 Å². The van der Waals surface area contributed by atoms with Crippen molar-refractivity contribution in [3.05, 3.63) is 35.4 Å². The summed E-state index contributed by atoms with van der Waals surface area (Å²) in [6, 6.07) is 5.18. The van der Waals surface area contributed by atoms with Crippen LogP contribution in [-0.2, 0) is 23.9 Å². The average Bonchev–Trinajstić information content (AvgIpc) is 2.79. The summed E-state index contributed by atoms with van der Waals surface area (Å²) in [7, 11) is 0. The van der Waals surface area contributed by atoms with E-state index >= 15 is 0 Å². The van der Waals surface area contributed by atoms with Crippen molar-refractivity contribution in [3.63, 3.8) is 0 Å². The van der Waals surface area contributed by atoms with E-state index in [2.05, 4.69) is 10.6 Å². The zero-order valence-electron chi connectivity index (χ0n) is 23.8. The highest BCUT2D eigenvalue weighted by Crippen LogP contribution is 2.29. The minimum absolute atomic E-state index is 0.0200. The van der Waals surface area contributed by atoms with Crippen molar-refractivity contribution in [1.82, 2.24) is 15.5 Å². The molecule has 1 rings (SSSR count). The number of nitrogens with one attached hydrogen (secondary N) is 2. The zero-order chi connectivity index (χ0) is 28.3. The molecule has 0 aliphatic rings. The van der Waals surface area contributed by atoms with E-state index in [-0.39, 0.29) is 37.4 Å². The number of rotatable bonds is 12. The van der Waals surface area contributed by atoms with Crippen LogP contribution in [0.1, 0.15) is 85.4 Å². The second-order valence-corrected chi connectivity index (χ2v) is 10.5. The molecule has 9 heteroatoms. The second kappa shape index (κ2) is 14.6. The minimum atomic E-state index is -0.965. The Labute approximate surface area is 221 Å². The van der Waals surface area contributed by atoms with E-state index in [1.54, 1.807) is 32.6 Å². The maximum absolute atomic E-state index is 14.1. The molecule has 0 saturated heterocycles. The lowest BCUT2D eigenvalue weighted by molar-refractivity contribution is -0.146. The maximum Gasteiger partial charge on any atom is 0.408 e. The molecule has 2 N–H and O–H groups in total. The van der Waals surface area contributed by atoms with Gasteiger partial charge < -0.3 is 25.0 Å². The molecule has 0 heterocycles. The van der Waals surface area contributed by atoms with Crippen LogP contribution in [0.15, 0.2) is 24.3 Å². The van der Waals surface area contributed by atoms with Gasteiger partial charge in [0.05, 0.1) is 13.0 Å². The Hall–Kier alpha value is -3.10. The molecule has 0 fully saturated rings. The molecule has 0 aliphatic carbocycles. The predicted octanol–water partition coefficient (Wildman–Crippen LogP) is 4.28. The normalized spacial score (nSPS) is 13.8. The number of hydrogen-bond acceptors (Lipinski definition) is 6. The number of carbonyl (C=O) groups excluding carboxylic acids is 4. The van der Waals surface area contributed by atoms with Crippen molar-refractivity contribution < 1.29 is 28.7 Å². The van der Waals surface area contributed by atoms with Crippen LogP contribution in [0.5, 0.6) is 0 Å². The van der Waals surface area contributed by atoms with Crippen molar-refractivity contribution >= 4 is 23.9 Å². The molecule has 0 aromatic heterocycles. The molecular formula is C28H45N3O6. The van der Waals surface area contributed by atoms with Crippen molar-refractivity contribution in [1.29, 1.82) is 0 Å². The Morgan fingerprint density at radius 2 is 1.65 bits per heavy atom. The molecule has 3 unspecified atom stereocenters. The summed E-state index contributed by atoms with van der Waals surface area (Å²) in [6.07, 6.45) is -0.0943. The topological polar surface area (TPSA) is 114 Å². The van der Waals surface area contributed by atoms with E-state index in [0.29, 0.717) is 12.0 Å². The molecule has 3 atom stereocenters. The fourth-order valence-corrected chi connectivity index (χ4v) is 3.83. The molecule has 0 radical (unpaired) electrons. The van der Waals surface area contributed by atoms with E-state index in [1.807, 2.05) is 58.9 Å². The smallest absolute Gasteiger partial charge is 0.408 e. The Morgan fingerprint density at radius 1 is 1.03 bits per heavy atom. The van der Waals surface area contributed by atoms with Crippen molar-refractivity contribution in [2.45, 2.75) is 98.9 Å². The zero-order valence-corrected chi connectivity index (χ0v) is 23.8. The molecular weight excluding hydrogens is 474 g/mol. The van der Waals surface area contributed by atoms with Crippen LogP contribution < -0.4 is 10.6 Å². The molecule has 0 spiro atoms. The quantitative estimate of drug-likeness (QED) is 0.399. The lowest BCUT2D eigenvalue weighted by Gasteiger charge is -2.39. The van der Waals surface area contributed by atoms with Crippen LogP contribution in [0.2, 0.25) is 0 Å². The molecule has 1 aromatic carbocycles. The van der Waals surface area contributed by atoms with Gasteiger partial charge in [0, 0.05) is 12.6 Å². The molecule has 9 nitrogen and oxygen atoms in total. The first kappa shape index (κ1) is 31.9. The molecule has 0 aliphatic heterocycles. The number of alkyl carbamates (subject to hydrolysis) is 1. The summed E-state index contributed by atoms with van der Waals surface area (Å²) in [5.41, 5.74) is 0.785. The number of ether oxygens (including phenoxy) is 2. The summed E-state index contributed by atoms with van der Waals surface area (Å²) < 4.78 is 10.3. The minimum Gasteiger partial charge on any atom is -0.466 e. The molecule has 37 heavy (non-hydrogen) atoms. The van der Waals surface area contributed by atoms with Gasteiger partial charge in [-0.1, -0.05) is 45.0 Å². The summed E-state index contributed by atoms with van der Waals surface area (Å²) >= 11 is 0. The number of esters is 1. The molecule has 0 saturated carbocycles. The predicted molar refractivity (Wildman–Crippen MR) is 143 cm³/mol. The van der Waals surface area contributed by atoms with E-state index in [0.717, 1.165) is 5.56 Å². The highest BCUT2D eigenvalue weighted by atomic mass is 16.6. The number of amides is 3. The van der Waals surface area contributed by atoms with Crippen LogP contribution in [0.25, 0.3) is 0 Å². The molecule has 1 aromatic rings. The molecule has 208 valence electrons. The van der Waals surface area contributed by atoms with E-state index in [1.165, 1.54) is 0 Å². The second-order valence-electron chi connectivity index (χ2n) is 10.5. The Morgan fingerprint density at radius 3 is 2.16 bits per heavy atom. The van der Waals surface area contributed by atoms with Gasteiger partial charge in [0.15, 0.2) is 0 Å². The lowest BCUT2D eigenvalue weighted by atomic mass is 9.94. The highest BCUT2D eigenvalue weighted by Gasteiger charge is 2.39. The Balaban J connectivity index is 3.43. The average molecular weight is 520 g/mol. The van der Waals surface area contributed by atoms with Crippen LogP contribution in [0.3, 0.4) is 0 Å². The van der Waals surface area contributed by atoms with Crippen LogP contribution >= 0.6 is 0 Å². The van der Waals surface area contributed by atoms with Gasteiger partial charge in [-0.3, -0.25) is 14.4 Å². The molecule has 0 bridgehead atoms. The summed E-state index contributed by atoms with van der Waals surface area (Å²) in [6.45, 7) is 16.7. The fraction of sp³-hybridized carbons (Fsp3) is 0.643. The fourth-order valence-electron chi connectivity index (χ4n) is 3.83. The van der Waals surface area contributed by atoms with E-state index in [9.17, 15) is 19.2 Å². The van der Waals surface area contributed by atoms with Gasteiger partial charge in [-0.05, 0) is 65.0 Å². The Kier molecular flexibility index (Phi) is 12.6. The van der Waals surface area contributed by atoms with Crippen LogP contribution in [-0.4, -0.2) is 59.6 Å². The number of aryl methyl sites for hydroxylation is 1. The SMILES string of the molecule is CCOC(=O)CCNC(=O)C(c1ccccc1C)N(C(=O)C(NC(=O)OC(C)(C)C)C(C)C)C(C)CC. The van der Waals surface area contributed by atoms with Crippen LogP contribution in [0.4, 0.5) is 4.79 Å². The van der Waals surface area contributed by atoms with Crippen LogP contribution in [0, 0.1) is 12.8 Å². The largest absolute Gasteiger partial charge is 0.466 e.